The molecular weight excluding hydrogens is 226 g/mol. The van der Waals surface area contributed by atoms with E-state index in [1.54, 1.807) is 0 Å². The Hall–Kier alpha value is -1.35. The second kappa shape index (κ2) is 7.17. The van der Waals surface area contributed by atoms with Gasteiger partial charge in [0.05, 0.1) is 6.42 Å². The second-order valence-corrected chi connectivity index (χ2v) is 5.10. The number of aryl methyl sites for hydroxylation is 1. The Balaban J connectivity index is 2.55. The summed E-state index contributed by atoms with van der Waals surface area (Å²) in [6.07, 6.45) is 1.01. The quantitative estimate of drug-likeness (QED) is 0.810. The van der Waals surface area contributed by atoms with Crippen molar-refractivity contribution in [3.05, 3.63) is 35.4 Å². The number of carbonyl (C=O) groups is 1. The summed E-state index contributed by atoms with van der Waals surface area (Å²) >= 11 is 0. The molecule has 1 atom stereocenters. The van der Waals surface area contributed by atoms with E-state index in [1.165, 1.54) is 0 Å². The van der Waals surface area contributed by atoms with Gasteiger partial charge in [0.25, 0.3) is 0 Å². The lowest BCUT2D eigenvalue weighted by Gasteiger charge is -2.21. The number of amides is 1. The maximum atomic E-state index is 11.9. The molecule has 2 N–H and O–H groups in total. The number of hydrogen-bond acceptors (Lipinski definition) is 2. The van der Waals surface area contributed by atoms with E-state index in [2.05, 4.69) is 5.32 Å². The van der Waals surface area contributed by atoms with Crippen LogP contribution in [0, 0.1) is 12.8 Å². The highest BCUT2D eigenvalue weighted by Gasteiger charge is 2.15. The zero-order valence-electron chi connectivity index (χ0n) is 11.4. The minimum Gasteiger partial charge on any atom is -0.396 e. The molecule has 100 valence electrons. The minimum absolute atomic E-state index is 0.0211. The first-order valence-corrected chi connectivity index (χ1v) is 6.48. The predicted octanol–water partition coefficient (Wildman–Crippen LogP) is 2.06. The molecular formula is C15H23NO2. The number of hydrogen-bond donors (Lipinski definition) is 2. The van der Waals surface area contributed by atoms with Crippen LogP contribution in [0.25, 0.3) is 0 Å². The van der Waals surface area contributed by atoms with Crippen LogP contribution in [0.2, 0.25) is 0 Å². The fourth-order valence-electron chi connectivity index (χ4n) is 1.98. The third-order valence-corrected chi connectivity index (χ3v) is 3.04. The van der Waals surface area contributed by atoms with E-state index in [0.717, 1.165) is 11.1 Å². The van der Waals surface area contributed by atoms with E-state index < -0.39 is 0 Å². The highest BCUT2D eigenvalue weighted by Crippen LogP contribution is 2.08. The van der Waals surface area contributed by atoms with Gasteiger partial charge < -0.3 is 10.4 Å². The summed E-state index contributed by atoms with van der Waals surface area (Å²) in [4.78, 5) is 11.9. The summed E-state index contributed by atoms with van der Waals surface area (Å²) in [7, 11) is 0. The second-order valence-electron chi connectivity index (χ2n) is 5.10. The van der Waals surface area contributed by atoms with Crippen LogP contribution in [0.1, 0.15) is 31.4 Å². The summed E-state index contributed by atoms with van der Waals surface area (Å²) in [5.41, 5.74) is 2.19. The Bertz CT molecular complexity index is 388. The first-order chi connectivity index (χ1) is 8.52. The summed E-state index contributed by atoms with van der Waals surface area (Å²) in [6.45, 7) is 6.22. The topological polar surface area (TPSA) is 49.3 Å². The summed E-state index contributed by atoms with van der Waals surface area (Å²) < 4.78 is 0. The van der Waals surface area contributed by atoms with Crippen molar-refractivity contribution >= 4 is 5.91 Å². The molecule has 1 amide bonds. The maximum Gasteiger partial charge on any atom is 0.224 e. The van der Waals surface area contributed by atoms with E-state index in [4.69, 9.17) is 5.11 Å². The number of aliphatic hydroxyl groups excluding tert-OH is 1. The average Bonchev–Trinajstić information content (AvgIpc) is 2.28. The Morgan fingerprint density at radius 3 is 2.67 bits per heavy atom. The SMILES string of the molecule is Cc1cccc(CC(=O)NC(CCO)C(C)C)c1. The van der Waals surface area contributed by atoms with Crippen molar-refractivity contribution in [1.82, 2.24) is 5.32 Å². The van der Waals surface area contributed by atoms with Gasteiger partial charge in [-0.2, -0.15) is 0 Å². The smallest absolute Gasteiger partial charge is 0.224 e. The van der Waals surface area contributed by atoms with E-state index in [1.807, 2.05) is 45.0 Å². The highest BCUT2D eigenvalue weighted by molar-refractivity contribution is 5.78. The molecule has 0 bridgehead atoms. The zero-order valence-corrected chi connectivity index (χ0v) is 11.4. The van der Waals surface area contributed by atoms with Gasteiger partial charge >= 0.3 is 0 Å². The van der Waals surface area contributed by atoms with Crippen molar-refractivity contribution in [2.24, 2.45) is 5.92 Å². The molecule has 0 fully saturated rings. The Morgan fingerprint density at radius 2 is 2.11 bits per heavy atom. The molecule has 18 heavy (non-hydrogen) atoms. The molecule has 0 aliphatic heterocycles. The van der Waals surface area contributed by atoms with Gasteiger partial charge in [0, 0.05) is 12.6 Å². The molecule has 0 spiro atoms. The van der Waals surface area contributed by atoms with Gasteiger partial charge in [0.1, 0.15) is 0 Å². The van der Waals surface area contributed by atoms with Crippen LogP contribution in [0.15, 0.2) is 24.3 Å². The zero-order chi connectivity index (χ0) is 13.5. The number of benzene rings is 1. The van der Waals surface area contributed by atoms with E-state index >= 15 is 0 Å². The van der Waals surface area contributed by atoms with Gasteiger partial charge in [0.2, 0.25) is 5.91 Å². The van der Waals surface area contributed by atoms with Gasteiger partial charge in [0.15, 0.2) is 0 Å². The van der Waals surface area contributed by atoms with Crippen molar-refractivity contribution < 1.29 is 9.90 Å². The maximum absolute atomic E-state index is 11.9. The average molecular weight is 249 g/mol. The van der Waals surface area contributed by atoms with Crippen molar-refractivity contribution in [2.75, 3.05) is 6.61 Å². The third-order valence-electron chi connectivity index (χ3n) is 3.04. The van der Waals surface area contributed by atoms with E-state index in [9.17, 15) is 4.79 Å². The van der Waals surface area contributed by atoms with E-state index in [0.29, 0.717) is 18.8 Å². The molecule has 0 radical (unpaired) electrons. The first-order valence-electron chi connectivity index (χ1n) is 6.48. The van der Waals surface area contributed by atoms with Crippen molar-refractivity contribution in [1.29, 1.82) is 0 Å². The number of nitrogens with one attached hydrogen (secondary N) is 1. The number of carbonyl (C=O) groups excluding carboxylic acids is 1. The van der Waals surface area contributed by atoms with Crippen LogP contribution < -0.4 is 5.32 Å². The summed E-state index contributed by atoms with van der Waals surface area (Å²) in [5, 5.41) is 12.0. The van der Waals surface area contributed by atoms with E-state index in [-0.39, 0.29) is 18.6 Å². The fraction of sp³-hybridized carbons (Fsp3) is 0.533. The molecule has 0 aliphatic carbocycles. The lowest BCUT2D eigenvalue weighted by atomic mass is 10.0. The molecule has 1 aromatic rings. The predicted molar refractivity (Wildman–Crippen MR) is 73.4 cm³/mol. The van der Waals surface area contributed by atoms with Crippen molar-refractivity contribution in [3.63, 3.8) is 0 Å². The number of rotatable bonds is 6. The van der Waals surface area contributed by atoms with Crippen LogP contribution >= 0.6 is 0 Å². The molecule has 3 heteroatoms. The van der Waals surface area contributed by atoms with Crippen molar-refractivity contribution in [2.45, 2.75) is 39.7 Å². The van der Waals surface area contributed by atoms with Crippen LogP contribution in [0.4, 0.5) is 0 Å². The Kier molecular flexibility index (Phi) is 5.86. The standard InChI is InChI=1S/C15H23NO2/c1-11(2)14(7-8-17)16-15(18)10-13-6-4-5-12(3)9-13/h4-6,9,11,14,17H,7-8,10H2,1-3H3,(H,16,18). The van der Waals surface area contributed by atoms with Gasteiger partial charge in [-0.05, 0) is 24.8 Å². The molecule has 0 heterocycles. The van der Waals surface area contributed by atoms with Crippen LogP contribution in [-0.4, -0.2) is 23.7 Å². The molecule has 0 aromatic heterocycles. The molecule has 1 unspecified atom stereocenters. The van der Waals surface area contributed by atoms with Crippen LogP contribution in [-0.2, 0) is 11.2 Å². The van der Waals surface area contributed by atoms with Gasteiger partial charge in [-0.1, -0.05) is 43.7 Å². The number of aliphatic hydroxyl groups is 1. The van der Waals surface area contributed by atoms with Crippen LogP contribution in [0.3, 0.4) is 0 Å². The first kappa shape index (κ1) is 14.7. The third kappa shape index (κ3) is 4.88. The largest absolute Gasteiger partial charge is 0.396 e. The molecule has 3 nitrogen and oxygen atoms in total. The van der Waals surface area contributed by atoms with Crippen LogP contribution in [0.5, 0.6) is 0 Å². The fourth-order valence-corrected chi connectivity index (χ4v) is 1.98. The Labute approximate surface area is 109 Å². The summed E-state index contributed by atoms with van der Waals surface area (Å²) in [5.74, 6) is 0.353. The normalized spacial score (nSPS) is 12.5. The molecule has 0 saturated heterocycles. The minimum atomic E-state index is 0.0211. The molecule has 0 saturated carbocycles. The lowest BCUT2D eigenvalue weighted by Crippen LogP contribution is -2.40. The molecule has 1 aromatic carbocycles. The van der Waals surface area contributed by atoms with Gasteiger partial charge in [-0.25, -0.2) is 0 Å². The van der Waals surface area contributed by atoms with Gasteiger partial charge in [-0.15, -0.1) is 0 Å². The van der Waals surface area contributed by atoms with Crippen molar-refractivity contribution in [3.8, 4) is 0 Å². The van der Waals surface area contributed by atoms with Gasteiger partial charge in [-0.3, -0.25) is 4.79 Å². The lowest BCUT2D eigenvalue weighted by molar-refractivity contribution is -0.121. The monoisotopic (exact) mass is 249 g/mol. The Morgan fingerprint density at radius 1 is 1.39 bits per heavy atom. The molecule has 0 aliphatic rings. The molecule has 1 rings (SSSR count). The highest BCUT2D eigenvalue weighted by atomic mass is 16.3. The summed E-state index contributed by atoms with van der Waals surface area (Å²) in [6, 6.07) is 8.02.